The van der Waals surface area contributed by atoms with Crippen molar-refractivity contribution < 1.29 is 8.42 Å². The van der Waals surface area contributed by atoms with E-state index in [4.69, 9.17) is 0 Å². The molecule has 0 saturated carbocycles. The molecule has 0 amide bonds. The lowest BCUT2D eigenvalue weighted by Gasteiger charge is -2.43. The molecule has 0 radical (unpaired) electrons. The van der Waals surface area contributed by atoms with Crippen LogP contribution in [0.25, 0.3) is 0 Å². The highest BCUT2D eigenvalue weighted by Crippen LogP contribution is 2.24. The van der Waals surface area contributed by atoms with Crippen molar-refractivity contribution >= 4 is 10.0 Å². The molecule has 20 heavy (non-hydrogen) atoms. The summed E-state index contributed by atoms with van der Waals surface area (Å²) in [4.78, 5) is 16.7. The zero-order valence-electron chi connectivity index (χ0n) is 11.3. The molecule has 2 fully saturated rings. The molecule has 0 aliphatic carbocycles. The van der Waals surface area contributed by atoms with Crippen LogP contribution in [0.1, 0.15) is 19.3 Å². The van der Waals surface area contributed by atoms with Crippen LogP contribution in [0.15, 0.2) is 28.2 Å². The topological polar surface area (TPSA) is 73.5 Å². The second kappa shape index (κ2) is 5.31. The van der Waals surface area contributed by atoms with Crippen LogP contribution in [0.3, 0.4) is 0 Å². The van der Waals surface area contributed by atoms with Crippen molar-refractivity contribution in [1.82, 2.24) is 14.2 Å². The van der Waals surface area contributed by atoms with E-state index in [0.29, 0.717) is 19.1 Å². The van der Waals surface area contributed by atoms with E-state index in [1.807, 2.05) is 0 Å². The van der Waals surface area contributed by atoms with Gasteiger partial charge in [-0.15, -0.1) is 0 Å². The Morgan fingerprint density at radius 2 is 2.05 bits per heavy atom. The van der Waals surface area contributed by atoms with Crippen molar-refractivity contribution in [2.45, 2.75) is 30.2 Å². The van der Waals surface area contributed by atoms with Gasteiger partial charge in [0.2, 0.25) is 15.5 Å². The summed E-state index contributed by atoms with van der Waals surface area (Å²) < 4.78 is 26.6. The minimum absolute atomic E-state index is 0.149. The van der Waals surface area contributed by atoms with Crippen LogP contribution in [-0.2, 0) is 10.0 Å². The molecule has 1 unspecified atom stereocenters. The largest absolute Gasteiger partial charge is 0.366 e. The van der Waals surface area contributed by atoms with Crippen molar-refractivity contribution in [2.75, 3.05) is 26.2 Å². The van der Waals surface area contributed by atoms with E-state index in [9.17, 15) is 13.2 Å². The maximum atomic E-state index is 12.6. The van der Waals surface area contributed by atoms with Crippen LogP contribution in [0.2, 0.25) is 0 Å². The molecule has 1 aromatic heterocycles. The number of aromatic amines is 1. The third-order valence-electron chi connectivity index (χ3n) is 4.21. The fraction of sp³-hybridized carbons (Fsp3) is 0.615. The first-order chi connectivity index (χ1) is 9.59. The van der Waals surface area contributed by atoms with E-state index in [2.05, 4.69) is 9.88 Å². The number of piperazine rings is 1. The number of hydrogen-bond acceptors (Lipinski definition) is 4. The Hall–Kier alpha value is -1.18. The zero-order valence-corrected chi connectivity index (χ0v) is 12.1. The fourth-order valence-corrected chi connectivity index (χ4v) is 4.60. The molecule has 0 spiro atoms. The molecule has 3 rings (SSSR count). The lowest BCUT2D eigenvalue weighted by atomic mass is 10.0. The average Bonchev–Trinajstić information content (AvgIpc) is 2.47. The molecule has 1 N–H and O–H groups in total. The Kier molecular flexibility index (Phi) is 3.66. The van der Waals surface area contributed by atoms with Crippen molar-refractivity contribution in [3.8, 4) is 0 Å². The standard InChI is InChI=1S/C13H19N3O3S/c17-12-4-5-14-9-13(12)20(18,19)16-8-7-15-6-2-1-3-11(15)10-16/h4-5,9,11H,1-3,6-8,10H2,(H,14,17). The van der Waals surface area contributed by atoms with Crippen LogP contribution in [0.5, 0.6) is 0 Å². The normalized spacial score (nSPS) is 25.3. The number of nitrogens with zero attached hydrogens (tertiary/aromatic N) is 2. The molecule has 0 bridgehead atoms. The highest BCUT2D eigenvalue weighted by molar-refractivity contribution is 7.89. The molecule has 1 aromatic rings. The molecule has 1 atom stereocenters. The van der Waals surface area contributed by atoms with E-state index in [-0.39, 0.29) is 4.90 Å². The molecule has 2 aliphatic heterocycles. The van der Waals surface area contributed by atoms with Crippen LogP contribution in [-0.4, -0.2) is 54.8 Å². The molecule has 0 aromatic carbocycles. The number of fused-ring (bicyclic) bond motifs is 1. The van der Waals surface area contributed by atoms with E-state index in [1.165, 1.54) is 29.2 Å². The van der Waals surface area contributed by atoms with Gasteiger partial charge in [-0.1, -0.05) is 6.42 Å². The molecular formula is C13H19N3O3S. The first-order valence-electron chi connectivity index (χ1n) is 7.00. The highest BCUT2D eigenvalue weighted by Gasteiger charge is 2.35. The van der Waals surface area contributed by atoms with Crippen LogP contribution in [0, 0.1) is 0 Å². The minimum atomic E-state index is -3.68. The Morgan fingerprint density at radius 1 is 1.20 bits per heavy atom. The van der Waals surface area contributed by atoms with E-state index < -0.39 is 15.5 Å². The van der Waals surface area contributed by atoms with Gasteiger partial charge in [0.05, 0.1) is 0 Å². The van der Waals surface area contributed by atoms with Gasteiger partial charge < -0.3 is 4.98 Å². The second-order valence-corrected chi connectivity index (χ2v) is 7.33. The first kappa shape index (κ1) is 13.8. The average molecular weight is 297 g/mol. The number of rotatable bonds is 2. The summed E-state index contributed by atoms with van der Waals surface area (Å²) >= 11 is 0. The van der Waals surface area contributed by atoms with Crippen LogP contribution in [0.4, 0.5) is 0 Å². The lowest BCUT2D eigenvalue weighted by molar-refractivity contribution is 0.0851. The summed E-state index contributed by atoms with van der Waals surface area (Å²) in [5, 5.41) is 0. The van der Waals surface area contributed by atoms with Gasteiger partial charge in [-0.2, -0.15) is 4.31 Å². The number of sulfonamides is 1. The summed E-state index contributed by atoms with van der Waals surface area (Å²) in [6.45, 7) is 2.78. The SMILES string of the molecule is O=c1cc[nH]cc1S(=O)(=O)N1CCN2CCCCC2C1. The summed E-state index contributed by atoms with van der Waals surface area (Å²) in [5.74, 6) is 0. The van der Waals surface area contributed by atoms with E-state index >= 15 is 0 Å². The molecule has 7 heteroatoms. The van der Waals surface area contributed by atoms with Gasteiger partial charge in [0, 0.05) is 44.1 Å². The van der Waals surface area contributed by atoms with Crippen molar-refractivity contribution in [3.63, 3.8) is 0 Å². The summed E-state index contributed by atoms with van der Waals surface area (Å²) in [6, 6.07) is 1.55. The van der Waals surface area contributed by atoms with E-state index in [1.54, 1.807) is 0 Å². The smallest absolute Gasteiger partial charge is 0.248 e. The van der Waals surface area contributed by atoms with Crippen molar-refractivity contribution in [3.05, 3.63) is 28.7 Å². The molecule has 3 heterocycles. The van der Waals surface area contributed by atoms with Gasteiger partial charge >= 0.3 is 0 Å². The maximum Gasteiger partial charge on any atom is 0.248 e. The van der Waals surface area contributed by atoms with Gasteiger partial charge in [0.25, 0.3) is 0 Å². The Balaban J connectivity index is 1.86. The van der Waals surface area contributed by atoms with E-state index in [0.717, 1.165) is 25.9 Å². The molecule has 6 nitrogen and oxygen atoms in total. The minimum Gasteiger partial charge on any atom is -0.366 e. The number of pyridine rings is 1. The van der Waals surface area contributed by atoms with Crippen molar-refractivity contribution in [1.29, 1.82) is 0 Å². The summed E-state index contributed by atoms with van der Waals surface area (Å²) in [6.07, 6.45) is 6.12. The number of hydrogen-bond donors (Lipinski definition) is 1. The van der Waals surface area contributed by atoms with Gasteiger partial charge in [-0.3, -0.25) is 9.69 Å². The summed E-state index contributed by atoms with van der Waals surface area (Å²) in [5.41, 5.74) is -0.449. The third-order valence-corrected chi connectivity index (χ3v) is 6.09. The molecule has 2 saturated heterocycles. The number of piperidine rings is 1. The lowest BCUT2D eigenvalue weighted by Crippen LogP contribution is -2.56. The maximum absolute atomic E-state index is 12.6. The molecular weight excluding hydrogens is 278 g/mol. The Bertz CT molecular complexity index is 640. The quantitative estimate of drug-likeness (QED) is 0.848. The second-order valence-electron chi connectivity index (χ2n) is 5.42. The predicted molar refractivity (Wildman–Crippen MR) is 75.0 cm³/mol. The Labute approximate surface area is 118 Å². The van der Waals surface area contributed by atoms with Crippen LogP contribution >= 0.6 is 0 Å². The monoisotopic (exact) mass is 297 g/mol. The predicted octanol–water partition coefficient (Wildman–Crippen LogP) is 0.234. The van der Waals surface area contributed by atoms with Crippen LogP contribution < -0.4 is 5.43 Å². The summed E-state index contributed by atoms with van der Waals surface area (Å²) in [7, 11) is -3.68. The number of H-pyrrole nitrogens is 1. The van der Waals surface area contributed by atoms with Gasteiger partial charge in [-0.05, 0) is 19.4 Å². The van der Waals surface area contributed by atoms with Gasteiger partial charge in [0.1, 0.15) is 4.90 Å². The number of nitrogens with one attached hydrogen (secondary N) is 1. The number of aromatic nitrogens is 1. The highest BCUT2D eigenvalue weighted by atomic mass is 32.2. The zero-order chi connectivity index (χ0) is 14.2. The van der Waals surface area contributed by atoms with Crippen molar-refractivity contribution in [2.24, 2.45) is 0 Å². The molecule has 110 valence electrons. The van der Waals surface area contributed by atoms with Gasteiger partial charge in [0.15, 0.2) is 0 Å². The third kappa shape index (κ3) is 2.41. The molecule has 2 aliphatic rings. The van der Waals surface area contributed by atoms with Gasteiger partial charge in [-0.25, -0.2) is 8.42 Å². The fourth-order valence-electron chi connectivity index (χ4n) is 3.09. The first-order valence-corrected chi connectivity index (χ1v) is 8.44. The Morgan fingerprint density at radius 3 is 2.85 bits per heavy atom.